The summed E-state index contributed by atoms with van der Waals surface area (Å²) in [7, 11) is -3.52. The molecular weight excluding hydrogens is 327 g/mol. The first-order valence-corrected chi connectivity index (χ1v) is 6.63. The minimum Gasteiger partial charge on any atom is -0.199 e. The molecule has 1 aromatic carbocycles. The summed E-state index contributed by atoms with van der Waals surface area (Å²) in [6, 6.07) is 8.22. The van der Waals surface area contributed by atoms with Crippen LogP contribution in [0.2, 0.25) is 0 Å². The van der Waals surface area contributed by atoms with Crippen molar-refractivity contribution in [1.29, 1.82) is 0 Å². The number of halogens is 1. The quantitative estimate of drug-likeness (QED) is 0.786. The first kappa shape index (κ1) is 10.6. The van der Waals surface area contributed by atoms with Crippen LogP contribution in [0.3, 0.4) is 0 Å². The van der Waals surface area contributed by atoms with E-state index in [0.29, 0.717) is 0 Å². The minimum absolute atomic E-state index is 0.240. The first-order valence-electron chi connectivity index (χ1n) is 4.11. The highest BCUT2D eigenvalue weighted by Gasteiger charge is 2.16. The van der Waals surface area contributed by atoms with Crippen molar-refractivity contribution in [1.82, 2.24) is 9.19 Å². The Balaban J connectivity index is 2.54. The maximum Gasteiger partial charge on any atom is 0.282 e. The Kier molecular flexibility index (Phi) is 2.79. The number of rotatable bonds is 2. The number of hydrogen-bond donors (Lipinski definition) is 0. The largest absolute Gasteiger partial charge is 0.282 e. The van der Waals surface area contributed by atoms with E-state index >= 15 is 0 Å². The number of aromatic nitrogens is 2. The predicted molar refractivity (Wildman–Crippen MR) is 64.0 cm³/mol. The molecule has 0 saturated carbocycles. The molecule has 0 aliphatic heterocycles. The molecule has 0 saturated heterocycles. The van der Waals surface area contributed by atoms with Gasteiger partial charge in [0.05, 0.1) is 20.9 Å². The van der Waals surface area contributed by atoms with E-state index in [9.17, 15) is 8.42 Å². The van der Waals surface area contributed by atoms with Gasteiger partial charge in [0.15, 0.2) is 0 Å². The monoisotopic (exact) mass is 334 g/mol. The molecule has 0 bridgehead atoms. The van der Waals surface area contributed by atoms with Crippen LogP contribution in [0.25, 0.3) is 0 Å². The second-order valence-corrected chi connectivity index (χ2v) is 5.89. The third kappa shape index (κ3) is 2.05. The third-order valence-corrected chi connectivity index (χ3v) is 3.93. The fourth-order valence-electron chi connectivity index (χ4n) is 1.12. The van der Waals surface area contributed by atoms with Gasteiger partial charge in [-0.3, -0.25) is 0 Å². The molecule has 1 heterocycles. The molecule has 0 aliphatic carbocycles. The van der Waals surface area contributed by atoms with Crippen LogP contribution in [-0.2, 0) is 10.0 Å². The average Bonchev–Trinajstić information content (AvgIpc) is 2.67. The highest BCUT2D eigenvalue weighted by Crippen LogP contribution is 2.13. The van der Waals surface area contributed by atoms with Gasteiger partial charge in [0.2, 0.25) is 0 Å². The van der Waals surface area contributed by atoms with Gasteiger partial charge in [0, 0.05) is 0 Å². The third-order valence-electron chi connectivity index (χ3n) is 1.82. The van der Waals surface area contributed by atoms with E-state index in [2.05, 4.69) is 5.10 Å². The summed E-state index contributed by atoms with van der Waals surface area (Å²) < 4.78 is 25.6. The van der Waals surface area contributed by atoms with Crippen molar-refractivity contribution in [3.05, 3.63) is 46.3 Å². The van der Waals surface area contributed by atoms with Gasteiger partial charge in [0.25, 0.3) is 10.0 Å². The van der Waals surface area contributed by atoms with Crippen molar-refractivity contribution < 1.29 is 8.42 Å². The minimum atomic E-state index is -3.52. The van der Waals surface area contributed by atoms with Crippen molar-refractivity contribution >= 4 is 32.6 Å². The summed E-state index contributed by atoms with van der Waals surface area (Å²) in [5.74, 6) is 0. The molecule has 0 atom stereocenters. The zero-order chi connectivity index (χ0) is 10.9. The highest BCUT2D eigenvalue weighted by molar-refractivity contribution is 14.1. The van der Waals surface area contributed by atoms with Gasteiger partial charge in [-0.05, 0) is 34.7 Å². The number of nitrogens with zero attached hydrogens (tertiary/aromatic N) is 2. The van der Waals surface area contributed by atoms with E-state index in [1.807, 2.05) is 22.6 Å². The van der Waals surface area contributed by atoms with E-state index in [0.717, 1.165) is 7.66 Å². The van der Waals surface area contributed by atoms with E-state index in [1.165, 1.54) is 12.4 Å². The Morgan fingerprint density at radius 1 is 1.20 bits per heavy atom. The van der Waals surface area contributed by atoms with E-state index in [1.54, 1.807) is 30.3 Å². The fraction of sp³-hybridized carbons (Fsp3) is 0. The Morgan fingerprint density at radius 3 is 2.40 bits per heavy atom. The zero-order valence-electron chi connectivity index (χ0n) is 7.54. The second-order valence-electron chi connectivity index (χ2n) is 2.85. The van der Waals surface area contributed by atoms with Gasteiger partial charge in [0.1, 0.15) is 0 Å². The van der Waals surface area contributed by atoms with Crippen molar-refractivity contribution in [2.24, 2.45) is 0 Å². The van der Waals surface area contributed by atoms with Crippen LogP contribution in [0, 0.1) is 3.57 Å². The standard InChI is InChI=1S/C9H7IN2O2S/c10-8-6-11-12(7-8)15(13,14)9-4-2-1-3-5-9/h1-7H. The molecule has 15 heavy (non-hydrogen) atoms. The summed E-state index contributed by atoms with van der Waals surface area (Å²) in [6.45, 7) is 0. The van der Waals surface area contributed by atoms with Crippen LogP contribution in [0.4, 0.5) is 0 Å². The molecule has 78 valence electrons. The SMILES string of the molecule is O=S(=O)(c1ccccc1)n1cc(I)cn1. The van der Waals surface area contributed by atoms with Crippen LogP contribution < -0.4 is 0 Å². The van der Waals surface area contributed by atoms with Gasteiger partial charge in [-0.1, -0.05) is 18.2 Å². The van der Waals surface area contributed by atoms with Gasteiger partial charge in [-0.2, -0.15) is 17.6 Å². The summed E-state index contributed by atoms with van der Waals surface area (Å²) in [4.78, 5) is 0.240. The maximum absolute atomic E-state index is 11.9. The molecule has 6 heteroatoms. The van der Waals surface area contributed by atoms with E-state index < -0.39 is 10.0 Å². The summed E-state index contributed by atoms with van der Waals surface area (Å²) >= 11 is 2.01. The van der Waals surface area contributed by atoms with Crippen LogP contribution in [-0.4, -0.2) is 17.6 Å². The van der Waals surface area contributed by atoms with Gasteiger partial charge in [-0.15, -0.1) is 0 Å². The summed E-state index contributed by atoms with van der Waals surface area (Å²) in [5.41, 5.74) is 0. The van der Waals surface area contributed by atoms with Gasteiger partial charge in [-0.25, -0.2) is 0 Å². The molecule has 2 aromatic rings. The first-order chi connectivity index (χ1) is 7.10. The van der Waals surface area contributed by atoms with Crippen molar-refractivity contribution in [3.8, 4) is 0 Å². The summed E-state index contributed by atoms with van der Waals surface area (Å²) in [5, 5.41) is 3.79. The molecule has 0 aliphatic rings. The van der Waals surface area contributed by atoms with Crippen molar-refractivity contribution in [2.75, 3.05) is 0 Å². The smallest absolute Gasteiger partial charge is 0.199 e. The lowest BCUT2D eigenvalue weighted by Gasteiger charge is -2.02. The second kappa shape index (κ2) is 3.93. The number of benzene rings is 1. The number of hydrogen-bond acceptors (Lipinski definition) is 3. The average molecular weight is 334 g/mol. The lowest BCUT2D eigenvalue weighted by molar-refractivity contribution is 0.580. The molecular formula is C9H7IN2O2S. The van der Waals surface area contributed by atoms with Gasteiger partial charge >= 0.3 is 0 Å². The molecule has 0 amide bonds. The maximum atomic E-state index is 11.9. The Hall–Kier alpha value is -0.890. The molecule has 0 radical (unpaired) electrons. The topological polar surface area (TPSA) is 52.0 Å². The zero-order valence-corrected chi connectivity index (χ0v) is 10.5. The van der Waals surface area contributed by atoms with E-state index in [-0.39, 0.29) is 4.90 Å². The highest BCUT2D eigenvalue weighted by atomic mass is 127. The lowest BCUT2D eigenvalue weighted by atomic mass is 10.4. The molecule has 0 N–H and O–H groups in total. The molecule has 0 unspecified atom stereocenters. The van der Waals surface area contributed by atoms with Crippen LogP contribution >= 0.6 is 22.6 Å². The normalized spacial score (nSPS) is 11.5. The Bertz CT molecular complexity index is 563. The summed E-state index contributed by atoms with van der Waals surface area (Å²) in [6.07, 6.45) is 2.98. The molecule has 2 rings (SSSR count). The molecule has 1 aromatic heterocycles. The van der Waals surface area contributed by atoms with Crippen molar-refractivity contribution in [3.63, 3.8) is 0 Å². The molecule has 0 spiro atoms. The van der Waals surface area contributed by atoms with Crippen LogP contribution in [0.15, 0.2) is 47.6 Å². The van der Waals surface area contributed by atoms with Crippen LogP contribution in [0.5, 0.6) is 0 Å². The Morgan fingerprint density at radius 2 is 1.87 bits per heavy atom. The van der Waals surface area contributed by atoms with Crippen molar-refractivity contribution in [2.45, 2.75) is 4.90 Å². The lowest BCUT2D eigenvalue weighted by Crippen LogP contribution is -2.13. The van der Waals surface area contributed by atoms with Gasteiger partial charge < -0.3 is 0 Å². The van der Waals surface area contributed by atoms with Crippen LogP contribution in [0.1, 0.15) is 0 Å². The molecule has 4 nitrogen and oxygen atoms in total. The van der Waals surface area contributed by atoms with E-state index in [4.69, 9.17) is 0 Å². The molecule has 0 fully saturated rings. The Labute approximate surface area is 101 Å². The fourth-order valence-corrected chi connectivity index (χ4v) is 2.83. The predicted octanol–water partition coefficient (Wildman–Crippen LogP) is 1.72.